The van der Waals surface area contributed by atoms with Crippen LogP contribution in [0.15, 0.2) is 66.7 Å². The largest absolute Gasteiger partial charge is 0.321 e. The number of pyridine rings is 1. The number of anilines is 1. The molecule has 1 N–H and O–H groups in total. The summed E-state index contributed by atoms with van der Waals surface area (Å²) in [6, 6.07) is 20.1. The van der Waals surface area contributed by atoms with Gasteiger partial charge in [0.25, 0.3) is 5.91 Å². The number of nitrogens with zero attached hydrogens (tertiary/aromatic N) is 1. The van der Waals surface area contributed by atoms with E-state index < -0.39 is 0 Å². The quantitative estimate of drug-likeness (QED) is 0.359. The predicted octanol–water partition coefficient (Wildman–Crippen LogP) is 7.42. The van der Waals surface area contributed by atoms with E-state index in [4.69, 9.17) is 39.8 Å². The second-order valence-electron chi connectivity index (χ2n) is 6.54. The van der Waals surface area contributed by atoms with Crippen LogP contribution < -0.4 is 5.32 Å². The Labute approximate surface area is 183 Å². The van der Waals surface area contributed by atoms with Gasteiger partial charge in [0, 0.05) is 16.0 Å². The van der Waals surface area contributed by atoms with Crippen LogP contribution in [0, 0.1) is 6.92 Å². The molecule has 0 fully saturated rings. The van der Waals surface area contributed by atoms with Gasteiger partial charge in [0.1, 0.15) is 0 Å². The molecule has 1 heterocycles. The van der Waals surface area contributed by atoms with Crippen LogP contribution in [0.1, 0.15) is 15.9 Å². The summed E-state index contributed by atoms with van der Waals surface area (Å²) in [6.07, 6.45) is 0. The summed E-state index contributed by atoms with van der Waals surface area (Å²) in [7, 11) is 0. The highest BCUT2D eigenvalue weighted by Gasteiger charge is 2.20. The lowest BCUT2D eigenvalue weighted by molar-refractivity contribution is 0.102. The molecule has 1 aromatic heterocycles. The molecule has 29 heavy (non-hydrogen) atoms. The topological polar surface area (TPSA) is 42.0 Å². The molecule has 0 spiro atoms. The SMILES string of the molecule is Cc1c(-c2ccc(Cl)cc2)nc2ccccc2c1C(=O)Nc1cccc(Cl)c1Cl. The first-order valence-electron chi connectivity index (χ1n) is 8.86. The molecule has 0 aliphatic carbocycles. The highest BCUT2D eigenvalue weighted by atomic mass is 35.5. The highest BCUT2D eigenvalue weighted by molar-refractivity contribution is 6.44. The van der Waals surface area contributed by atoms with E-state index in [2.05, 4.69) is 5.32 Å². The fourth-order valence-electron chi connectivity index (χ4n) is 3.27. The van der Waals surface area contributed by atoms with Crippen LogP contribution >= 0.6 is 34.8 Å². The molecule has 0 saturated carbocycles. The third kappa shape index (κ3) is 3.82. The van der Waals surface area contributed by atoms with E-state index in [-0.39, 0.29) is 5.91 Å². The lowest BCUT2D eigenvalue weighted by atomic mass is 9.97. The summed E-state index contributed by atoms with van der Waals surface area (Å²) in [4.78, 5) is 18.1. The number of carbonyl (C=O) groups is 1. The second kappa shape index (κ2) is 8.03. The first-order chi connectivity index (χ1) is 14.0. The van der Waals surface area contributed by atoms with E-state index in [1.165, 1.54) is 0 Å². The molecular weight excluding hydrogens is 427 g/mol. The van der Waals surface area contributed by atoms with Crippen LogP contribution in [-0.2, 0) is 0 Å². The van der Waals surface area contributed by atoms with Gasteiger partial charge in [-0.15, -0.1) is 0 Å². The molecule has 0 saturated heterocycles. The average Bonchev–Trinajstić information content (AvgIpc) is 2.71. The molecule has 0 radical (unpaired) electrons. The van der Waals surface area contributed by atoms with E-state index in [0.29, 0.717) is 26.3 Å². The van der Waals surface area contributed by atoms with Crippen molar-refractivity contribution >= 4 is 57.3 Å². The van der Waals surface area contributed by atoms with Crippen molar-refractivity contribution < 1.29 is 4.79 Å². The molecular formula is C23H15Cl3N2O. The van der Waals surface area contributed by atoms with Crippen molar-refractivity contribution in [1.29, 1.82) is 0 Å². The minimum absolute atomic E-state index is 0.277. The zero-order valence-electron chi connectivity index (χ0n) is 15.3. The number of rotatable bonds is 3. The van der Waals surface area contributed by atoms with E-state index in [9.17, 15) is 4.79 Å². The Morgan fingerprint density at radius 1 is 0.897 bits per heavy atom. The molecule has 4 rings (SSSR count). The number of hydrogen-bond acceptors (Lipinski definition) is 2. The first-order valence-corrected chi connectivity index (χ1v) is 9.99. The van der Waals surface area contributed by atoms with Crippen LogP contribution in [0.3, 0.4) is 0 Å². The molecule has 6 heteroatoms. The third-order valence-corrected chi connectivity index (χ3v) is 5.75. The molecule has 0 aliphatic heterocycles. The van der Waals surface area contributed by atoms with Crippen molar-refractivity contribution in [3.8, 4) is 11.3 Å². The predicted molar refractivity (Wildman–Crippen MR) is 121 cm³/mol. The van der Waals surface area contributed by atoms with Crippen LogP contribution in [-0.4, -0.2) is 10.9 Å². The van der Waals surface area contributed by atoms with E-state index in [0.717, 1.165) is 27.7 Å². The smallest absolute Gasteiger partial charge is 0.256 e. The highest BCUT2D eigenvalue weighted by Crippen LogP contribution is 2.33. The maximum absolute atomic E-state index is 13.3. The number of halogens is 3. The van der Waals surface area contributed by atoms with Crippen molar-refractivity contribution in [3.05, 3.63) is 92.9 Å². The number of hydrogen-bond donors (Lipinski definition) is 1. The Morgan fingerprint density at radius 3 is 2.38 bits per heavy atom. The second-order valence-corrected chi connectivity index (χ2v) is 7.76. The van der Waals surface area contributed by atoms with Gasteiger partial charge in [-0.1, -0.05) is 71.2 Å². The van der Waals surface area contributed by atoms with Gasteiger partial charge in [0.15, 0.2) is 0 Å². The van der Waals surface area contributed by atoms with Crippen LogP contribution in [0.4, 0.5) is 5.69 Å². The van der Waals surface area contributed by atoms with Crippen LogP contribution in [0.5, 0.6) is 0 Å². The zero-order chi connectivity index (χ0) is 20.5. The van der Waals surface area contributed by atoms with Gasteiger partial charge < -0.3 is 5.32 Å². The fourth-order valence-corrected chi connectivity index (χ4v) is 3.75. The maximum atomic E-state index is 13.3. The Morgan fingerprint density at radius 2 is 1.62 bits per heavy atom. The summed E-state index contributed by atoms with van der Waals surface area (Å²) >= 11 is 18.4. The van der Waals surface area contributed by atoms with Gasteiger partial charge >= 0.3 is 0 Å². The average molecular weight is 442 g/mol. The molecule has 0 bridgehead atoms. The van der Waals surface area contributed by atoms with Gasteiger partial charge in [-0.25, -0.2) is 4.98 Å². The van der Waals surface area contributed by atoms with Crippen molar-refractivity contribution in [2.45, 2.75) is 6.92 Å². The van der Waals surface area contributed by atoms with Gasteiger partial charge in [0.05, 0.1) is 32.5 Å². The summed E-state index contributed by atoms with van der Waals surface area (Å²) in [5.74, 6) is -0.277. The lowest BCUT2D eigenvalue weighted by Crippen LogP contribution is -2.15. The number of nitrogens with one attached hydrogen (secondary N) is 1. The number of para-hydroxylation sites is 1. The lowest BCUT2D eigenvalue weighted by Gasteiger charge is -2.15. The third-order valence-electron chi connectivity index (χ3n) is 4.68. The van der Waals surface area contributed by atoms with Gasteiger partial charge in [-0.05, 0) is 42.8 Å². The van der Waals surface area contributed by atoms with Crippen LogP contribution in [0.25, 0.3) is 22.2 Å². The molecule has 0 unspecified atom stereocenters. The normalized spacial score (nSPS) is 10.9. The molecule has 4 aromatic rings. The summed E-state index contributed by atoms with van der Waals surface area (Å²) in [5, 5.41) is 4.97. The van der Waals surface area contributed by atoms with Crippen molar-refractivity contribution in [3.63, 3.8) is 0 Å². The van der Waals surface area contributed by atoms with Gasteiger partial charge in [-0.3, -0.25) is 4.79 Å². The van der Waals surface area contributed by atoms with Crippen molar-refractivity contribution in [2.75, 3.05) is 5.32 Å². The first kappa shape index (κ1) is 19.7. The number of aromatic nitrogens is 1. The van der Waals surface area contributed by atoms with Crippen LogP contribution in [0.2, 0.25) is 15.1 Å². The molecule has 3 nitrogen and oxygen atoms in total. The maximum Gasteiger partial charge on any atom is 0.256 e. The van der Waals surface area contributed by atoms with E-state index in [1.807, 2.05) is 43.3 Å². The minimum Gasteiger partial charge on any atom is -0.321 e. The summed E-state index contributed by atoms with van der Waals surface area (Å²) in [6.45, 7) is 1.89. The summed E-state index contributed by atoms with van der Waals surface area (Å²) < 4.78 is 0. The molecule has 1 amide bonds. The molecule has 3 aromatic carbocycles. The number of carbonyl (C=O) groups excluding carboxylic acids is 1. The molecule has 0 atom stereocenters. The molecule has 144 valence electrons. The molecule has 0 aliphatic rings. The summed E-state index contributed by atoms with van der Waals surface area (Å²) in [5.41, 5.74) is 4.09. The Hall–Kier alpha value is -2.59. The number of fused-ring (bicyclic) bond motifs is 1. The number of benzene rings is 3. The van der Waals surface area contributed by atoms with E-state index >= 15 is 0 Å². The Bertz CT molecular complexity index is 1240. The van der Waals surface area contributed by atoms with Gasteiger partial charge in [0.2, 0.25) is 0 Å². The van der Waals surface area contributed by atoms with Crippen molar-refractivity contribution in [1.82, 2.24) is 4.98 Å². The van der Waals surface area contributed by atoms with Gasteiger partial charge in [-0.2, -0.15) is 0 Å². The standard InChI is InChI=1S/C23H15Cl3N2O/c1-13-20(23(29)28-19-8-4-6-17(25)21(19)26)16-5-2-3-7-18(16)27-22(13)14-9-11-15(24)12-10-14/h2-12H,1H3,(H,28,29). The monoisotopic (exact) mass is 440 g/mol. The fraction of sp³-hybridized carbons (Fsp3) is 0.0435. The van der Waals surface area contributed by atoms with Crippen molar-refractivity contribution in [2.24, 2.45) is 0 Å². The number of amides is 1. The van der Waals surface area contributed by atoms with E-state index in [1.54, 1.807) is 30.3 Å². The zero-order valence-corrected chi connectivity index (χ0v) is 17.6. The minimum atomic E-state index is -0.277. The Balaban J connectivity index is 1.88. The Kier molecular flexibility index (Phi) is 5.46.